The van der Waals surface area contributed by atoms with Gasteiger partial charge in [0.2, 0.25) is 5.91 Å². The van der Waals surface area contributed by atoms with E-state index in [0.717, 1.165) is 29.8 Å². The number of benzene rings is 2. The maximum absolute atomic E-state index is 13.1. The summed E-state index contributed by atoms with van der Waals surface area (Å²) in [5, 5.41) is 6.50. The normalized spacial score (nSPS) is 11.0. The lowest BCUT2D eigenvalue weighted by molar-refractivity contribution is -0.120. The number of methoxy groups -OCH3 is 1. The Balaban J connectivity index is 1.80. The largest absolute Gasteiger partial charge is 0.465 e. The predicted octanol–water partition coefficient (Wildman–Crippen LogP) is 3.33. The van der Waals surface area contributed by atoms with Gasteiger partial charge in [0.25, 0.3) is 10.0 Å². The first-order valence-electron chi connectivity index (χ1n) is 9.05. The summed E-state index contributed by atoms with van der Waals surface area (Å²) in [5.74, 6) is -1.43. The topological polar surface area (TPSA) is 102 Å². The molecule has 1 aromatic heterocycles. The number of esters is 1. The number of thiophene rings is 1. The van der Waals surface area contributed by atoms with Gasteiger partial charge in [-0.2, -0.15) is 11.3 Å². The Kier molecular flexibility index (Phi) is 7.03. The lowest BCUT2D eigenvalue weighted by Crippen LogP contribution is -2.24. The molecule has 0 aliphatic heterocycles. The number of rotatable bonds is 8. The zero-order chi connectivity index (χ0) is 22.4. The van der Waals surface area contributed by atoms with Crippen LogP contribution in [0.15, 0.2) is 64.2 Å². The van der Waals surface area contributed by atoms with Crippen LogP contribution >= 0.6 is 11.3 Å². The van der Waals surface area contributed by atoms with E-state index in [1.807, 2.05) is 16.8 Å². The predicted molar refractivity (Wildman–Crippen MR) is 115 cm³/mol. The zero-order valence-corrected chi connectivity index (χ0v) is 18.1. The molecule has 0 unspecified atom stereocenters. The first-order valence-corrected chi connectivity index (χ1v) is 11.5. The molecule has 0 saturated carbocycles. The highest BCUT2D eigenvalue weighted by Crippen LogP contribution is 2.21. The van der Waals surface area contributed by atoms with Gasteiger partial charge in [-0.1, -0.05) is 0 Å². The molecule has 3 aromatic rings. The van der Waals surface area contributed by atoms with E-state index in [4.69, 9.17) is 4.74 Å². The zero-order valence-electron chi connectivity index (χ0n) is 16.4. The molecule has 1 amide bonds. The monoisotopic (exact) mass is 462 g/mol. The van der Waals surface area contributed by atoms with Crippen LogP contribution in [-0.4, -0.2) is 27.4 Å². The molecule has 0 saturated heterocycles. The van der Waals surface area contributed by atoms with E-state index >= 15 is 0 Å². The van der Waals surface area contributed by atoms with Gasteiger partial charge in [-0.3, -0.25) is 9.52 Å². The lowest BCUT2D eigenvalue weighted by atomic mass is 10.1. The fraction of sp³-hybridized carbons (Fsp3) is 0.143. The minimum atomic E-state index is -4.02. The first-order chi connectivity index (χ1) is 14.8. The molecule has 162 valence electrons. The molecular weight excluding hydrogens is 443 g/mol. The molecule has 2 aromatic carbocycles. The molecule has 1 heterocycles. The van der Waals surface area contributed by atoms with E-state index in [1.165, 1.54) is 36.6 Å². The van der Waals surface area contributed by atoms with Crippen molar-refractivity contribution in [2.45, 2.75) is 17.9 Å². The minimum absolute atomic E-state index is 0.0824. The molecule has 10 heteroatoms. The number of sulfonamides is 1. The van der Waals surface area contributed by atoms with E-state index in [9.17, 15) is 22.4 Å². The van der Waals surface area contributed by atoms with Gasteiger partial charge in [0, 0.05) is 6.54 Å². The van der Waals surface area contributed by atoms with E-state index in [1.54, 1.807) is 0 Å². The molecule has 0 atom stereocenters. The van der Waals surface area contributed by atoms with Crippen molar-refractivity contribution < 1.29 is 27.1 Å². The maximum Gasteiger partial charge on any atom is 0.337 e. The smallest absolute Gasteiger partial charge is 0.337 e. The van der Waals surface area contributed by atoms with Crippen molar-refractivity contribution in [3.63, 3.8) is 0 Å². The van der Waals surface area contributed by atoms with Crippen LogP contribution in [0.3, 0.4) is 0 Å². The highest BCUT2D eigenvalue weighted by molar-refractivity contribution is 7.92. The Morgan fingerprint density at radius 1 is 1.06 bits per heavy atom. The van der Waals surface area contributed by atoms with Gasteiger partial charge >= 0.3 is 5.97 Å². The van der Waals surface area contributed by atoms with Crippen molar-refractivity contribution in [3.05, 3.63) is 81.8 Å². The average molecular weight is 463 g/mol. The van der Waals surface area contributed by atoms with Gasteiger partial charge in [-0.25, -0.2) is 17.6 Å². The molecule has 31 heavy (non-hydrogen) atoms. The Bertz CT molecular complexity index is 1180. The van der Waals surface area contributed by atoms with Gasteiger partial charge < -0.3 is 10.1 Å². The van der Waals surface area contributed by atoms with Crippen molar-refractivity contribution in [3.8, 4) is 0 Å². The second-order valence-corrected chi connectivity index (χ2v) is 9.02. The molecule has 0 aliphatic carbocycles. The molecule has 7 nitrogen and oxygen atoms in total. The summed E-state index contributed by atoms with van der Waals surface area (Å²) in [6.07, 6.45) is 0.213. The average Bonchev–Trinajstić information content (AvgIpc) is 3.24. The Morgan fingerprint density at radius 2 is 1.81 bits per heavy atom. The van der Waals surface area contributed by atoms with Crippen molar-refractivity contribution in [1.29, 1.82) is 0 Å². The van der Waals surface area contributed by atoms with Crippen molar-refractivity contribution in [2.24, 2.45) is 0 Å². The molecule has 0 spiro atoms. The second-order valence-electron chi connectivity index (χ2n) is 6.55. The Hall–Kier alpha value is -3.24. The summed E-state index contributed by atoms with van der Waals surface area (Å²) in [6, 6.07) is 10.5. The van der Waals surface area contributed by atoms with Crippen LogP contribution in [0.25, 0.3) is 0 Å². The number of ether oxygens (including phenoxy) is 1. The fourth-order valence-electron chi connectivity index (χ4n) is 2.76. The molecule has 0 bridgehead atoms. The third-order valence-corrected chi connectivity index (χ3v) is 6.35. The van der Waals surface area contributed by atoms with Crippen LogP contribution in [0.4, 0.5) is 10.1 Å². The fourth-order valence-corrected chi connectivity index (χ4v) is 4.47. The van der Waals surface area contributed by atoms with E-state index in [0.29, 0.717) is 5.56 Å². The van der Waals surface area contributed by atoms with Crippen LogP contribution in [0.5, 0.6) is 0 Å². The number of carbonyl (C=O) groups is 2. The highest BCUT2D eigenvalue weighted by atomic mass is 32.2. The summed E-state index contributed by atoms with van der Waals surface area (Å²) in [4.78, 5) is 24.0. The molecular formula is C21H19FN2O5S2. The molecule has 0 radical (unpaired) electrons. The van der Waals surface area contributed by atoms with Crippen molar-refractivity contribution >= 4 is 38.9 Å². The van der Waals surface area contributed by atoms with E-state index in [2.05, 4.69) is 10.0 Å². The number of hydrogen-bond acceptors (Lipinski definition) is 6. The SMILES string of the molecule is COC(=O)c1cc(CNC(=O)Cc2ccsc2)cc(NS(=O)(=O)c2ccc(F)cc2)c1. The van der Waals surface area contributed by atoms with Gasteiger partial charge in [0.1, 0.15) is 5.82 Å². The van der Waals surface area contributed by atoms with Gasteiger partial charge in [0.15, 0.2) is 0 Å². The summed E-state index contributed by atoms with van der Waals surface area (Å²) in [7, 11) is -2.81. The van der Waals surface area contributed by atoms with Crippen LogP contribution in [0.2, 0.25) is 0 Å². The summed E-state index contributed by atoms with van der Waals surface area (Å²) < 4.78 is 45.4. The number of nitrogens with one attached hydrogen (secondary N) is 2. The van der Waals surface area contributed by atoms with E-state index < -0.39 is 21.8 Å². The summed E-state index contributed by atoms with van der Waals surface area (Å²) >= 11 is 1.49. The van der Waals surface area contributed by atoms with Crippen LogP contribution in [0.1, 0.15) is 21.5 Å². The minimum Gasteiger partial charge on any atom is -0.465 e. The number of hydrogen-bond donors (Lipinski definition) is 2. The molecule has 0 aliphatic rings. The molecule has 2 N–H and O–H groups in total. The highest BCUT2D eigenvalue weighted by Gasteiger charge is 2.17. The van der Waals surface area contributed by atoms with Gasteiger partial charge in [0.05, 0.1) is 29.7 Å². The number of carbonyl (C=O) groups excluding carboxylic acids is 2. The van der Waals surface area contributed by atoms with Crippen LogP contribution in [-0.2, 0) is 32.5 Å². The summed E-state index contributed by atoms with van der Waals surface area (Å²) in [6.45, 7) is 0.0824. The van der Waals surface area contributed by atoms with Gasteiger partial charge in [-0.15, -0.1) is 0 Å². The third-order valence-electron chi connectivity index (χ3n) is 4.22. The lowest BCUT2D eigenvalue weighted by Gasteiger charge is -2.12. The number of amides is 1. The number of anilines is 1. The quantitative estimate of drug-likeness (QED) is 0.500. The van der Waals surface area contributed by atoms with Crippen LogP contribution in [0, 0.1) is 5.82 Å². The Morgan fingerprint density at radius 3 is 2.45 bits per heavy atom. The van der Waals surface area contributed by atoms with Crippen molar-refractivity contribution in [1.82, 2.24) is 5.32 Å². The van der Waals surface area contributed by atoms with Crippen molar-refractivity contribution in [2.75, 3.05) is 11.8 Å². The maximum atomic E-state index is 13.1. The number of halogens is 1. The first kappa shape index (κ1) is 22.4. The third kappa shape index (κ3) is 6.12. The second kappa shape index (κ2) is 9.71. The molecule has 3 rings (SSSR count). The standard InChI is InChI=1S/C21H19FN2O5S2/c1-29-21(26)16-8-15(12-23-20(25)10-14-6-7-30-13-14)9-18(11-16)24-31(27,28)19-4-2-17(22)3-5-19/h2-9,11,13,24H,10,12H2,1H3,(H,23,25). The van der Waals surface area contributed by atoms with E-state index in [-0.39, 0.29) is 35.0 Å². The van der Waals surface area contributed by atoms with Crippen LogP contribution < -0.4 is 10.0 Å². The summed E-state index contributed by atoms with van der Waals surface area (Å²) in [5.41, 5.74) is 1.61. The van der Waals surface area contributed by atoms with Gasteiger partial charge in [-0.05, 0) is 70.4 Å². The molecule has 0 fully saturated rings. The Labute approximate surface area is 182 Å².